The Balaban J connectivity index is 1.66. The van der Waals surface area contributed by atoms with E-state index in [4.69, 9.17) is 4.42 Å². The van der Waals surface area contributed by atoms with Crippen LogP contribution in [-0.2, 0) is 0 Å². The van der Waals surface area contributed by atoms with E-state index >= 15 is 0 Å². The Kier molecular flexibility index (Phi) is 5.22. The molecule has 0 saturated carbocycles. The Morgan fingerprint density at radius 2 is 1.86 bits per heavy atom. The predicted octanol–water partition coefficient (Wildman–Crippen LogP) is 2.67. The van der Waals surface area contributed by atoms with Crippen molar-refractivity contribution in [2.24, 2.45) is 5.41 Å². The van der Waals surface area contributed by atoms with E-state index < -0.39 is 11.0 Å². The lowest BCUT2D eigenvalue weighted by molar-refractivity contribution is -0.00624. The van der Waals surface area contributed by atoms with E-state index in [-0.39, 0.29) is 19.1 Å². The molecule has 0 atom stereocenters. The lowest BCUT2D eigenvalue weighted by Gasteiger charge is -2.40. The van der Waals surface area contributed by atoms with E-state index in [0.717, 1.165) is 11.8 Å². The van der Waals surface area contributed by atoms with Gasteiger partial charge in [-0.1, -0.05) is 30.3 Å². The fourth-order valence-electron chi connectivity index (χ4n) is 3.95. The zero-order valence-corrected chi connectivity index (χ0v) is 16.0. The summed E-state index contributed by atoms with van der Waals surface area (Å²) in [6, 6.07) is 16.0. The molecule has 0 aliphatic carbocycles. The lowest BCUT2D eigenvalue weighted by atomic mass is 9.81. The van der Waals surface area contributed by atoms with E-state index in [9.17, 15) is 19.8 Å². The molecule has 1 fully saturated rings. The van der Waals surface area contributed by atoms with Gasteiger partial charge in [-0.25, -0.2) is 4.79 Å². The molecule has 2 aromatic carbocycles. The van der Waals surface area contributed by atoms with Crippen LogP contribution in [0.1, 0.15) is 23.2 Å². The van der Waals surface area contributed by atoms with Gasteiger partial charge in [0.1, 0.15) is 5.58 Å². The molecule has 150 valence electrons. The highest BCUT2D eigenvalue weighted by Gasteiger charge is 2.36. The molecule has 4 rings (SSSR count). The smallest absolute Gasteiger partial charge is 0.344 e. The van der Waals surface area contributed by atoms with Crippen molar-refractivity contribution in [3.63, 3.8) is 0 Å². The maximum atomic E-state index is 13.1. The van der Waals surface area contributed by atoms with Crippen molar-refractivity contribution in [2.75, 3.05) is 26.3 Å². The molecule has 0 unspecified atom stereocenters. The van der Waals surface area contributed by atoms with Gasteiger partial charge in [-0.2, -0.15) is 0 Å². The second-order valence-corrected chi connectivity index (χ2v) is 7.71. The molecule has 3 aromatic rings. The number of aliphatic hydroxyl groups excluding tert-OH is 2. The number of carbonyl (C=O) groups excluding carboxylic acids is 1. The van der Waals surface area contributed by atoms with Gasteiger partial charge < -0.3 is 19.5 Å². The minimum absolute atomic E-state index is 0.161. The molecular weight excluding hydrogens is 370 g/mol. The second kappa shape index (κ2) is 7.81. The number of piperidine rings is 1. The van der Waals surface area contributed by atoms with Gasteiger partial charge in [-0.3, -0.25) is 4.79 Å². The molecule has 2 heterocycles. The number of aliphatic hydroxyl groups is 2. The number of likely N-dealkylation sites (tertiary alicyclic amines) is 1. The molecule has 29 heavy (non-hydrogen) atoms. The van der Waals surface area contributed by atoms with Gasteiger partial charge >= 0.3 is 5.63 Å². The second-order valence-electron chi connectivity index (χ2n) is 7.71. The van der Waals surface area contributed by atoms with Crippen LogP contribution in [0.15, 0.2) is 63.8 Å². The van der Waals surface area contributed by atoms with Crippen LogP contribution >= 0.6 is 0 Å². The average Bonchev–Trinajstić information content (AvgIpc) is 2.78. The first-order valence-electron chi connectivity index (χ1n) is 9.70. The number of benzene rings is 2. The Morgan fingerprint density at radius 1 is 1.07 bits per heavy atom. The summed E-state index contributed by atoms with van der Waals surface area (Å²) < 4.78 is 5.41. The number of para-hydroxylation sites is 1. The molecule has 1 aromatic heterocycles. The monoisotopic (exact) mass is 393 g/mol. The summed E-state index contributed by atoms with van der Waals surface area (Å²) >= 11 is 0. The Labute approximate surface area is 168 Å². The Bertz CT molecular complexity index is 1100. The van der Waals surface area contributed by atoms with Crippen LogP contribution in [0.2, 0.25) is 0 Å². The fourth-order valence-corrected chi connectivity index (χ4v) is 3.95. The molecular formula is C23H23NO5. The van der Waals surface area contributed by atoms with Gasteiger partial charge in [0.25, 0.3) is 5.91 Å². The number of amides is 1. The van der Waals surface area contributed by atoms with Crippen molar-refractivity contribution in [3.05, 3.63) is 70.6 Å². The van der Waals surface area contributed by atoms with Crippen molar-refractivity contribution in [1.29, 1.82) is 0 Å². The third-order valence-corrected chi connectivity index (χ3v) is 5.68. The Hall–Kier alpha value is -2.96. The highest BCUT2D eigenvalue weighted by atomic mass is 16.4. The molecule has 1 amide bonds. The zero-order chi connectivity index (χ0) is 20.4. The minimum Gasteiger partial charge on any atom is -0.422 e. The quantitative estimate of drug-likeness (QED) is 0.665. The number of hydrogen-bond acceptors (Lipinski definition) is 5. The van der Waals surface area contributed by atoms with Crippen molar-refractivity contribution in [1.82, 2.24) is 4.90 Å². The van der Waals surface area contributed by atoms with Crippen molar-refractivity contribution < 1.29 is 19.4 Å². The fraction of sp³-hybridized carbons (Fsp3) is 0.304. The first-order chi connectivity index (χ1) is 14.0. The molecule has 0 radical (unpaired) electrons. The number of rotatable bonds is 4. The SMILES string of the molecule is O=C(c1cccc(-c2cc3ccccc3oc2=O)c1)N1CCCC(CO)(CO)C1. The van der Waals surface area contributed by atoms with Gasteiger partial charge in [0.05, 0.1) is 18.8 Å². The number of carbonyl (C=O) groups is 1. The van der Waals surface area contributed by atoms with E-state index in [1.165, 1.54) is 0 Å². The first-order valence-corrected chi connectivity index (χ1v) is 9.70. The first kappa shape index (κ1) is 19.4. The van der Waals surface area contributed by atoms with Gasteiger partial charge in [-0.05, 0) is 42.7 Å². The predicted molar refractivity (Wildman–Crippen MR) is 110 cm³/mol. The van der Waals surface area contributed by atoms with Crippen LogP contribution in [0.25, 0.3) is 22.1 Å². The van der Waals surface area contributed by atoms with Gasteiger partial charge in [0.15, 0.2) is 0 Å². The normalized spacial score (nSPS) is 16.1. The maximum absolute atomic E-state index is 13.1. The highest BCUT2D eigenvalue weighted by molar-refractivity contribution is 5.96. The molecule has 0 spiro atoms. The number of fused-ring (bicyclic) bond motifs is 1. The summed E-state index contributed by atoms with van der Waals surface area (Å²) in [6.07, 6.45) is 1.41. The average molecular weight is 393 g/mol. The Morgan fingerprint density at radius 3 is 2.66 bits per heavy atom. The van der Waals surface area contributed by atoms with Crippen LogP contribution in [-0.4, -0.2) is 47.3 Å². The van der Waals surface area contributed by atoms with Crippen molar-refractivity contribution in [3.8, 4) is 11.1 Å². The molecule has 1 saturated heterocycles. The third kappa shape index (κ3) is 3.69. The molecule has 1 aliphatic rings. The summed E-state index contributed by atoms with van der Waals surface area (Å²) in [5.74, 6) is -0.178. The van der Waals surface area contributed by atoms with Crippen LogP contribution < -0.4 is 5.63 Å². The van der Waals surface area contributed by atoms with Gasteiger partial charge in [0, 0.05) is 29.5 Å². The minimum atomic E-state index is -0.662. The molecule has 6 heteroatoms. The summed E-state index contributed by atoms with van der Waals surface area (Å²) in [7, 11) is 0. The van der Waals surface area contributed by atoms with Crippen molar-refractivity contribution in [2.45, 2.75) is 12.8 Å². The topological polar surface area (TPSA) is 91.0 Å². The van der Waals surface area contributed by atoms with Crippen LogP contribution in [0.3, 0.4) is 0 Å². The summed E-state index contributed by atoms with van der Waals surface area (Å²) in [5, 5.41) is 20.2. The van der Waals surface area contributed by atoms with Gasteiger partial charge in [0.2, 0.25) is 0 Å². The molecule has 2 N–H and O–H groups in total. The largest absolute Gasteiger partial charge is 0.422 e. The zero-order valence-electron chi connectivity index (χ0n) is 16.0. The molecule has 0 bridgehead atoms. The van der Waals surface area contributed by atoms with Crippen molar-refractivity contribution >= 4 is 16.9 Å². The van der Waals surface area contributed by atoms with E-state index in [1.807, 2.05) is 18.2 Å². The maximum Gasteiger partial charge on any atom is 0.344 e. The molecule has 6 nitrogen and oxygen atoms in total. The highest BCUT2D eigenvalue weighted by Crippen LogP contribution is 2.30. The van der Waals surface area contributed by atoms with Gasteiger partial charge in [-0.15, -0.1) is 0 Å². The summed E-state index contributed by atoms with van der Waals surface area (Å²) in [4.78, 5) is 27.2. The van der Waals surface area contributed by atoms with Crippen LogP contribution in [0, 0.1) is 5.41 Å². The van der Waals surface area contributed by atoms with Crippen LogP contribution in [0.4, 0.5) is 0 Å². The third-order valence-electron chi connectivity index (χ3n) is 5.68. The van der Waals surface area contributed by atoms with E-state index in [1.54, 1.807) is 41.3 Å². The number of hydrogen-bond donors (Lipinski definition) is 2. The summed E-state index contributed by atoms with van der Waals surface area (Å²) in [6.45, 7) is 0.557. The lowest BCUT2D eigenvalue weighted by Crippen LogP contribution is -2.49. The molecule has 1 aliphatic heterocycles. The summed E-state index contributed by atoms with van der Waals surface area (Å²) in [5.41, 5.74) is 0.879. The number of nitrogens with zero attached hydrogens (tertiary/aromatic N) is 1. The van der Waals surface area contributed by atoms with E-state index in [2.05, 4.69) is 0 Å². The standard InChI is InChI=1S/C23H23NO5/c25-14-23(15-26)9-4-10-24(13-23)21(27)18-7-3-6-16(11-18)19-12-17-5-1-2-8-20(17)29-22(19)28/h1-3,5-8,11-12,25-26H,4,9-10,13-15H2. The van der Waals surface area contributed by atoms with E-state index in [0.29, 0.717) is 41.8 Å². The van der Waals surface area contributed by atoms with Crippen LogP contribution in [0.5, 0.6) is 0 Å².